The van der Waals surface area contributed by atoms with E-state index in [-0.39, 0.29) is 0 Å². The molecule has 1 saturated heterocycles. The zero-order valence-electron chi connectivity index (χ0n) is 11.3. The van der Waals surface area contributed by atoms with Gasteiger partial charge in [-0.25, -0.2) is 0 Å². The lowest BCUT2D eigenvalue weighted by Crippen LogP contribution is -2.33. The highest BCUT2D eigenvalue weighted by molar-refractivity contribution is 5.77. The van der Waals surface area contributed by atoms with Gasteiger partial charge < -0.3 is 9.64 Å². The maximum atomic E-state index is 12.4. The molecule has 3 heteroatoms. The molecular formula is C16H21NO2. The van der Waals surface area contributed by atoms with E-state index in [2.05, 4.69) is 24.3 Å². The summed E-state index contributed by atoms with van der Waals surface area (Å²) in [5.74, 6) is 0.722. The average molecular weight is 259 g/mol. The second-order valence-corrected chi connectivity index (χ2v) is 5.49. The van der Waals surface area contributed by atoms with Gasteiger partial charge in [0.15, 0.2) is 0 Å². The smallest absolute Gasteiger partial charge is 0.223 e. The van der Waals surface area contributed by atoms with Crippen molar-refractivity contribution in [3.63, 3.8) is 0 Å². The van der Waals surface area contributed by atoms with E-state index in [9.17, 15) is 4.79 Å². The van der Waals surface area contributed by atoms with Crippen molar-refractivity contribution in [1.29, 1.82) is 0 Å². The first-order valence-corrected chi connectivity index (χ1v) is 7.28. The van der Waals surface area contributed by atoms with Gasteiger partial charge in [-0.1, -0.05) is 24.3 Å². The molecule has 1 unspecified atom stereocenters. The summed E-state index contributed by atoms with van der Waals surface area (Å²) in [5, 5.41) is 0. The fraction of sp³-hybridized carbons (Fsp3) is 0.562. The van der Waals surface area contributed by atoms with Crippen LogP contribution >= 0.6 is 0 Å². The minimum Gasteiger partial charge on any atom is -0.380 e. The monoisotopic (exact) mass is 259 g/mol. The quantitative estimate of drug-likeness (QED) is 0.816. The van der Waals surface area contributed by atoms with Gasteiger partial charge >= 0.3 is 0 Å². The van der Waals surface area contributed by atoms with E-state index in [4.69, 9.17) is 4.74 Å². The van der Waals surface area contributed by atoms with Gasteiger partial charge in [-0.05, 0) is 36.3 Å². The Kier molecular flexibility index (Phi) is 3.83. The molecule has 102 valence electrons. The number of nitrogens with zero attached hydrogens (tertiary/aromatic N) is 1. The van der Waals surface area contributed by atoms with Gasteiger partial charge in [0, 0.05) is 26.1 Å². The molecule has 1 aromatic carbocycles. The number of carbonyl (C=O) groups excluding carboxylic acids is 1. The first kappa shape index (κ1) is 12.7. The molecule has 19 heavy (non-hydrogen) atoms. The third-order valence-electron chi connectivity index (χ3n) is 4.25. The summed E-state index contributed by atoms with van der Waals surface area (Å²) < 4.78 is 5.41. The predicted molar refractivity (Wildman–Crippen MR) is 74.1 cm³/mol. The Balaban J connectivity index is 1.64. The molecule has 1 heterocycles. The second-order valence-electron chi connectivity index (χ2n) is 5.49. The van der Waals surface area contributed by atoms with E-state index in [1.54, 1.807) is 0 Å². The number of fused-ring (bicyclic) bond motifs is 1. The van der Waals surface area contributed by atoms with E-state index in [0.717, 1.165) is 39.0 Å². The zero-order chi connectivity index (χ0) is 13.1. The van der Waals surface area contributed by atoms with Crippen LogP contribution in [0.5, 0.6) is 0 Å². The van der Waals surface area contributed by atoms with Crippen LogP contribution in [0.2, 0.25) is 0 Å². The second kappa shape index (κ2) is 5.74. The van der Waals surface area contributed by atoms with E-state index in [0.29, 0.717) is 24.9 Å². The summed E-state index contributed by atoms with van der Waals surface area (Å²) in [6.45, 7) is 3.09. The third kappa shape index (κ3) is 2.81. The standard InChI is InChI=1S/C16H21NO2/c18-16(17-8-3-10-19-11-9-17)12-14-7-6-13-4-1-2-5-15(13)14/h1-2,4-5,14H,3,6-12H2. The summed E-state index contributed by atoms with van der Waals surface area (Å²) in [6, 6.07) is 8.56. The highest BCUT2D eigenvalue weighted by Gasteiger charge is 2.26. The van der Waals surface area contributed by atoms with Gasteiger partial charge in [0.25, 0.3) is 0 Å². The fourth-order valence-electron chi connectivity index (χ4n) is 3.19. The number of benzene rings is 1. The van der Waals surface area contributed by atoms with Crippen LogP contribution in [0, 0.1) is 0 Å². The van der Waals surface area contributed by atoms with Crippen LogP contribution in [0.3, 0.4) is 0 Å². The SMILES string of the molecule is O=C(CC1CCc2ccccc21)N1CCCOCC1. The van der Waals surface area contributed by atoms with Gasteiger partial charge in [0.05, 0.1) is 6.61 Å². The van der Waals surface area contributed by atoms with Crippen molar-refractivity contribution < 1.29 is 9.53 Å². The van der Waals surface area contributed by atoms with Crippen molar-refractivity contribution in [3.8, 4) is 0 Å². The van der Waals surface area contributed by atoms with Crippen LogP contribution in [0.1, 0.15) is 36.3 Å². The molecule has 0 bridgehead atoms. The minimum absolute atomic E-state index is 0.298. The third-order valence-corrected chi connectivity index (χ3v) is 4.25. The van der Waals surface area contributed by atoms with Gasteiger partial charge in [-0.15, -0.1) is 0 Å². The van der Waals surface area contributed by atoms with Crippen LogP contribution in [-0.2, 0) is 16.0 Å². The minimum atomic E-state index is 0.298. The number of carbonyl (C=O) groups is 1. The molecule has 1 aliphatic heterocycles. The number of ether oxygens (including phenoxy) is 1. The van der Waals surface area contributed by atoms with Crippen LogP contribution in [0.15, 0.2) is 24.3 Å². The highest BCUT2D eigenvalue weighted by Crippen LogP contribution is 2.35. The molecule has 3 nitrogen and oxygen atoms in total. The molecule has 1 amide bonds. The molecule has 1 fully saturated rings. The predicted octanol–water partition coefficient (Wildman–Crippen LogP) is 2.36. The lowest BCUT2D eigenvalue weighted by molar-refractivity contribution is -0.131. The number of hydrogen-bond acceptors (Lipinski definition) is 2. The van der Waals surface area contributed by atoms with E-state index in [1.807, 2.05) is 4.90 Å². The first-order valence-electron chi connectivity index (χ1n) is 7.28. The number of amides is 1. The average Bonchev–Trinajstić information content (AvgIpc) is 2.66. The summed E-state index contributed by atoms with van der Waals surface area (Å²) in [5.41, 5.74) is 2.82. The number of aryl methyl sites for hydroxylation is 1. The maximum Gasteiger partial charge on any atom is 0.223 e. The Morgan fingerprint density at radius 1 is 1.26 bits per heavy atom. The topological polar surface area (TPSA) is 29.5 Å². The lowest BCUT2D eigenvalue weighted by Gasteiger charge is -2.21. The van der Waals surface area contributed by atoms with Crippen LogP contribution in [0.25, 0.3) is 0 Å². The largest absolute Gasteiger partial charge is 0.380 e. The lowest BCUT2D eigenvalue weighted by atomic mass is 9.97. The van der Waals surface area contributed by atoms with Crippen molar-refractivity contribution in [3.05, 3.63) is 35.4 Å². The molecule has 0 spiro atoms. The molecule has 0 aromatic heterocycles. The molecular weight excluding hydrogens is 238 g/mol. The van der Waals surface area contributed by atoms with Crippen LogP contribution < -0.4 is 0 Å². The Labute approximate surface area is 114 Å². The summed E-state index contributed by atoms with van der Waals surface area (Å²) in [6.07, 6.45) is 3.87. The summed E-state index contributed by atoms with van der Waals surface area (Å²) in [4.78, 5) is 14.4. The van der Waals surface area contributed by atoms with E-state index >= 15 is 0 Å². The van der Waals surface area contributed by atoms with Gasteiger partial charge in [0.2, 0.25) is 5.91 Å². The molecule has 0 N–H and O–H groups in total. The van der Waals surface area contributed by atoms with Crippen molar-refractivity contribution >= 4 is 5.91 Å². The Hall–Kier alpha value is -1.35. The molecule has 0 radical (unpaired) electrons. The van der Waals surface area contributed by atoms with Crippen molar-refractivity contribution in [2.75, 3.05) is 26.3 Å². The van der Waals surface area contributed by atoms with E-state index in [1.165, 1.54) is 11.1 Å². The molecule has 1 aromatic rings. The number of hydrogen-bond donors (Lipinski definition) is 0. The Morgan fingerprint density at radius 2 is 2.16 bits per heavy atom. The van der Waals surface area contributed by atoms with Crippen LogP contribution in [0.4, 0.5) is 0 Å². The van der Waals surface area contributed by atoms with Gasteiger partial charge in [-0.3, -0.25) is 4.79 Å². The molecule has 1 aliphatic carbocycles. The fourth-order valence-corrected chi connectivity index (χ4v) is 3.19. The van der Waals surface area contributed by atoms with E-state index < -0.39 is 0 Å². The zero-order valence-corrected chi connectivity index (χ0v) is 11.3. The Bertz CT molecular complexity index is 450. The summed E-state index contributed by atoms with van der Waals surface area (Å²) in [7, 11) is 0. The van der Waals surface area contributed by atoms with Gasteiger partial charge in [-0.2, -0.15) is 0 Å². The highest BCUT2D eigenvalue weighted by atomic mass is 16.5. The molecule has 0 saturated carbocycles. The molecule has 1 atom stereocenters. The first-order chi connectivity index (χ1) is 9.34. The van der Waals surface area contributed by atoms with Crippen molar-refractivity contribution in [2.45, 2.75) is 31.6 Å². The number of rotatable bonds is 2. The maximum absolute atomic E-state index is 12.4. The van der Waals surface area contributed by atoms with Crippen molar-refractivity contribution in [1.82, 2.24) is 4.90 Å². The summed E-state index contributed by atoms with van der Waals surface area (Å²) >= 11 is 0. The van der Waals surface area contributed by atoms with Gasteiger partial charge in [0.1, 0.15) is 0 Å². The van der Waals surface area contributed by atoms with Crippen molar-refractivity contribution in [2.24, 2.45) is 0 Å². The normalized spacial score (nSPS) is 22.9. The molecule has 3 rings (SSSR count). The van der Waals surface area contributed by atoms with Crippen LogP contribution in [-0.4, -0.2) is 37.1 Å². The molecule has 2 aliphatic rings. The Morgan fingerprint density at radius 3 is 3.11 bits per heavy atom.